The minimum atomic E-state index is -0.431. The number of rotatable bonds is 8. The first-order valence-corrected chi connectivity index (χ1v) is 13.5. The van der Waals surface area contributed by atoms with Crippen LogP contribution in [-0.2, 0) is 13.1 Å². The number of hydrogen-bond acceptors (Lipinski definition) is 7. The van der Waals surface area contributed by atoms with Gasteiger partial charge in [0.15, 0.2) is 0 Å². The molecule has 2 N–H and O–H groups in total. The fourth-order valence-electron chi connectivity index (χ4n) is 4.87. The largest absolute Gasteiger partial charge is 0.326 e. The van der Waals surface area contributed by atoms with Crippen LogP contribution in [0.5, 0.6) is 0 Å². The number of nitrogens with two attached hydrogens (primary N) is 1. The average Bonchev–Trinajstić information content (AvgIpc) is 3.44. The average molecular weight is 530 g/mol. The van der Waals surface area contributed by atoms with E-state index in [1.165, 1.54) is 17.7 Å². The molecule has 1 fully saturated rings. The van der Waals surface area contributed by atoms with Crippen molar-refractivity contribution in [2.75, 3.05) is 19.8 Å². The number of benzene rings is 1. The van der Waals surface area contributed by atoms with E-state index in [1.54, 1.807) is 24.2 Å². The summed E-state index contributed by atoms with van der Waals surface area (Å²) in [5.41, 5.74) is 10.0. The first kappa shape index (κ1) is 28.9. The van der Waals surface area contributed by atoms with Crippen molar-refractivity contribution in [3.05, 3.63) is 77.4 Å². The van der Waals surface area contributed by atoms with Crippen LogP contribution in [0.2, 0.25) is 0 Å². The number of aromatic nitrogens is 2. The van der Waals surface area contributed by atoms with Gasteiger partial charge in [-0.2, -0.15) is 5.10 Å². The van der Waals surface area contributed by atoms with E-state index in [4.69, 9.17) is 5.73 Å². The minimum Gasteiger partial charge on any atom is -0.326 e. The molecule has 2 aliphatic rings. The van der Waals surface area contributed by atoms with E-state index in [-0.39, 0.29) is 18.1 Å². The lowest BCUT2D eigenvalue weighted by Gasteiger charge is -2.44. The Morgan fingerprint density at radius 2 is 2.11 bits per heavy atom. The Kier molecular flexibility index (Phi) is 10.7. The molecule has 0 saturated carbocycles. The van der Waals surface area contributed by atoms with Gasteiger partial charge in [-0.25, -0.2) is 12.9 Å². The highest BCUT2D eigenvalue weighted by atomic mass is 32.2. The number of nitrogens with zero attached hydrogens (tertiary/aromatic N) is 6. The number of hydrogen-bond donors (Lipinski definition) is 1. The van der Waals surface area contributed by atoms with E-state index >= 15 is 0 Å². The number of likely N-dealkylation sites (N-methyl/N-ethyl adjacent to an activating group) is 1. The third-order valence-electron chi connectivity index (χ3n) is 6.52. The van der Waals surface area contributed by atoms with Crippen molar-refractivity contribution < 1.29 is 8.78 Å². The molecule has 7 nitrogen and oxygen atoms in total. The molecule has 1 saturated heterocycles. The third-order valence-corrected chi connectivity index (χ3v) is 7.08. The fraction of sp³-hybridized carbons (Fsp3) is 0.444. The van der Waals surface area contributed by atoms with Crippen LogP contribution in [0.3, 0.4) is 0 Å². The van der Waals surface area contributed by atoms with Gasteiger partial charge in [0.05, 0.1) is 17.4 Å². The van der Waals surface area contributed by atoms with Crippen molar-refractivity contribution in [1.29, 1.82) is 0 Å². The highest BCUT2D eigenvalue weighted by Gasteiger charge is 2.39. The molecule has 4 rings (SSSR count). The Balaban J connectivity index is 0.000000295. The van der Waals surface area contributed by atoms with Gasteiger partial charge in [0, 0.05) is 74.1 Å². The van der Waals surface area contributed by atoms with Crippen molar-refractivity contribution >= 4 is 24.9 Å². The van der Waals surface area contributed by atoms with Gasteiger partial charge < -0.3 is 5.73 Å². The zero-order chi connectivity index (χ0) is 26.9. The van der Waals surface area contributed by atoms with E-state index in [0.717, 1.165) is 56.4 Å². The highest BCUT2D eigenvalue weighted by Crippen LogP contribution is 2.35. The van der Waals surface area contributed by atoms with E-state index < -0.39 is 11.6 Å². The molecule has 2 aromatic rings. The molecule has 10 heteroatoms. The Morgan fingerprint density at radius 3 is 2.73 bits per heavy atom. The predicted molar refractivity (Wildman–Crippen MR) is 150 cm³/mol. The smallest absolute Gasteiger partial charge is 0.128 e. The van der Waals surface area contributed by atoms with Crippen LogP contribution in [0.4, 0.5) is 8.78 Å². The number of halogens is 2. The summed E-state index contributed by atoms with van der Waals surface area (Å²) in [6, 6.07) is 3.31. The summed E-state index contributed by atoms with van der Waals surface area (Å²) in [6.07, 6.45) is 11.8. The van der Waals surface area contributed by atoms with Crippen LogP contribution in [-0.4, -0.2) is 63.8 Å². The molecule has 0 spiro atoms. The van der Waals surface area contributed by atoms with Gasteiger partial charge in [-0.05, 0) is 56.8 Å². The van der Waals surface area contributed by atoms with E-state index in [0.29, 0.717) is 5.56 Å². The molecule has 0 aliphatic carbocycles. The molecule has 3 heterocycles. The van der Waals surface area contributed by atoms with Crippen molar-refractivity contribution in [2.24, 2.45) is 15.7 Å². The summed E-state index contributed by atoms with van der Waals surface area (Å²) in [5, 5.41) is 4.58. The summed E-state index contributed by atoms with van der Waals surface area (Å²) in [5.74, 6) is -0.829. The Bertz CT molecular complexity index is 1090. The number of allylic oxidation sites excluding steroid dienone is 1. The van der Waals surface area contributed by atoms with Crippen LogP contribution in [0, 0.1) is 11.6 Å². The summed E-state index contributed by atoms with van der Waals surface area (Å²) in [7, 11) is 1.93. The SMILES string of the molecule is C=CC/C(=C/N=C)N=CCC.CSn1cc2c(n1)CN(C1CC(N)[C@@H](c3cc(F)ccc3F)N(C)C1)C2. The topological polar surface area (TPSA) is 75.0 Å². The number of aliphatic imine (C=N–C) groups is 2. The van der Waals surface area contributed by atoms with Crippen molar-refractivity contribution in [3.8, 4) is 0 Å². The molecule has 1 aromatic carbocycles. The second-order valence-electron chi connectivity index (χ2n) is 9.21. The summed E-state index contributed by atoms with van der Waals surface area (Å²) in [4.78, 5) is 12.2. The van der Waals surface area contributed by atoms with Crippen molar-refractivity contribution in [2.45, 2.75) is 57.4 Å². The van der Waals surface area contributed by atoms with Gasteiger partial charge >= 0.3 is 0 Å². The van der Waals surface area contributed by atoms with Crippen LogP contribution in [0.1, 0.15) is 49.0 Å². The summed E-state index contributed by atoms with van der Waals surface area (Å²) < 4.78 is 29.7. The maximum absolute atomic E-state index is 14.2. The highest BCUT2D eigenvalue weighted by molar-refractivity contribution is 7.97. The second-order valence-corrected chi connectivity index (χ2v) is 9.95. The van der Waals surface area contributed by atoms with Gasteiger partial charge in [-0.1, -0.05) is 13.0 Å². The maximum atomic E-state index is 14.2. The predicted octanol–water partition coefficient (Wildman–Crippen LogP) is 4.96. The molecular formula is C27H37F2N7S. The standard InChI is InChI=1S/C18H23F2N5S.C9H14N2/c1-23-9-13(24-7-11-8-25(26-2)22-17(11)10-24)6-16(21)18(23)14-5-12(19)3-4-15(14)20;1-4-6-9(8-10-3)11-7-5-2/h3-5,8,13,16,18H,6-7,9-10,21H2,1-2H3;4,7-8H,1,3,5-6H2,2H3/b;9-8-,11-7?/t13?,16?,18-;/m1./s1. The molecular weight excluding hydrogens is 492 g/mol. The molecule has 0 amide bonds. The van der Waals surface area contributed by atoms with Gasteiger partial charge in [0.1, 0.15) is 11.6 Å². The lowest BCUT2D eigenvalue weighted by Crippen LogP contribution is -2.54. The van der Waals surface area contributed by atoms with Crippen molar-refractivity contribution in [3.63, 3.8) is 0 Å². The minimum absolute atomic E-state index is 0.255. The maximum Gasteiger partial charge on any atom is 0.128 e. The summed E-state index contributed by atoms with van der Waals surface area (Å²) in [6.45, 7) is 11.4. The summed E-state index contributed by atoms with van der Waals surface area (Å²) >= 11 is 1.58. The zero-order valence-corrected chi connectivity index (χ0v) is 22.7. The Labute approximate surface area is 223 Å². The van der Waals surface area contributed by atoms with Crippen LogP contribution < -0.4 is 5.73 Å². The van der Waals surface area contributed by atoms with E-state index in [9.17, 15) is 8.78 Å². The van der Waals surface area contributed by atoms with Crippen LogP contribution in [0.15, 0.2) is 58.9 Å². The molecule has 0 radical (unpaired) electrons. The number of fused-ring (bicyclic) bond motifs is 1. The fourth-order valence-corrected chi connectivity index (χ4v) is 5.28. The zero-order valence-electron chi connectivity index (χ0n) is 21.9. The quantitative estimate of drug-likeness (QED) is 0.386. The molecule has 37 heavy (non-hydrogen) atoms. The van der Waals surface area contributed by atoms with Gasteiger partial charge in [-0.15, -0.1) is 6.58 Å². The molecule has 0 bridgehead atoms. The normalized spacial score (nSPS) is 22.5. The van der Waals surface area contributed by atoms with E-state index in [2.05, 4.69) is 44.4 Å². The van der Waals surface area contributed by atoms with Gasteiger partial charge in [-0.3, -0.25) is 19.8 Å². The van der Waals surface area contributed by atoms with E-state index in [1.807, 2.05) is 30.5 Å². The Hall–Kier alpha value is -2.66. The second kappa shape index (κ2) is 13.8. The first-order valence-electron chi connectivity index (χ1n) is 12.4. The molecule has 200 valence electrons. The Morgan fingerprint density at radius 1 is 1.32 bits per heavy atom. The monoisotopic (exact) mass is 529 g/mol. The third kappa shape index (κ3) is 7.44. The number of likely N-dealkylation sites (tertiary alicyclic amines) is 1. The lowest BCUT2D eigenvalue weighted by atomic mass is 9.88. The van der Waals surface area contributed by atoms with Crippen molar-refractivity contribution in [1.82, 2.24) is 19.0 Å². The molecule has 2 unspecified atom stereocenters. The first-order chi connectivity index (χ1) is 17.8. The molecule has 3 atom stereocenters. The lowest BCUT2D eigenvalue weighted by molar-refractivity contribution is 0.0586. The molecule has 1 aromatic heterocycles. The molecule has 2 aliphatic heterocycles. The number of piperidine rings is 1. The van der Waals surface area contributed by atoms with Gasteiger partial charge in [0.2, 0.25) is 0 Å². The van der Waals surface area contributed by atoms with Gasteiger partial charge in [0.25, 0.3) is 0 Å². The van der Waals surface area contributed by atoms with Crippen LogP contribution >= 0.6 is 11.9 Å². The van der Waals surface area contributed by atoms with Crippen LogP contribution in [0.25, 0.3) is 0 Å².